The fourth-order valence-corrected chi connectivity index (χ4v) is 8.92. The van der Waals surface area contributed by atoms with Crippen molar-refractivity contribution in [3.05, 3.63) is 192 Å². The quantitative estimate of drug-likeness (QED) is 0.162. The molecule has 0 amide bonds. The second kappa shape index (κ2) is 18.5. The van der Waals surface area contributed by atoms with E-state index in [1.54, 1.807) is 24.4 Å². The minimum atomic E-state index is -3.38. The number of pyridine rings is 1. The molecule has 1 N–H and O–H groups in total. The Morgan fingerprint density at radius 2 is 1.10 bits per heavy atom. The van der Waals surface area contributed by atoms with Gasteiger partial charge < -0.3 is 5.11 Å². The molecular formula is C64H64N3OPt-. The van der Waals surface area contributed by atoms with E-state index < -0.39 is 31.4 Å². The van der Waals surface area contributed by atoms with Gasteiger partial charge in [-0.25, -0.2) is 4.98 Å². The molecule has 0 saturated carbocycles. The molecule has 9 rings (SSSR count). The minimum Gasteiger partial charge on any atom is -0.507 e. The van der Waals surface area contributed by atoms with Gasteiger partial charge in [0.25, 0.3) is 0 Å². The molecule has 4 nitrogen and oxygen atoms in total. The Morgan fingerprint density at radius 1 is 0.493 bits per heavy atom. The molecule has 0 aliphatic rings. The number of aromatic nitrogens is 3. The Morgan fingerprint density at radius 3 is 1.74 bits per heavy atom. The number of phenols is 1. The van der Waals surface area contributed by atoms with E-state index in [4.69, 9.17) is 22.3 Å². The van der Waals surface area contributed by atoms with Crippen LogP contribution in [0, 0.1) is 6.07 Å². The van der Waals surface area contributed by atoms with Gasteiger partial charge in [-0.15, -0.1) is 23.8 Å². The van der Waals surface area contributed by atoms with Gasteiger partial charge in [-0.3, -0.25) is 9.55 Å². The molecular weight excluding hydrogens is 1020 g/mol. The molecule has 0 aliphatic heterocycles. The van der Waals surface area contributed by atoms with E-state index in [1.165, 1.54) is 17.7 Å². The summed E-state index contributed by atoms with van der Waals surface area (Å²) in [6.07, 6.45) is 1.66. The van der Waals surface area contributed by atoms with Gasteiger partial charge in [0.1, 0.15) is 11.6 Å². The topological polar surface area (TPSA) is 50.9 Å². The third-order valence-electron chi connectivity index (χ3n) is 12.9. The van der Waals surface area contributed by atoms with Crippen molar-refractivity contribution in [2.75, 3.05) is 0 Å². The normalized spacial score (nSPS) is 14.8. The van der Waals surface area contributed by atoms with E-state index in [9.17, 15) is 5.11 Å². The van der Waals surface area contributed by atoms with Crippen LogP contribution in [-0.2, 0) is 42.7 Å². The monoisotopic (exact) mass is 1090 g/mol. The molecule has 7 aromatic carbocycles. The zero-order valence-corrected chi connectivity index (χ0v) is 43.0. The van der Waals surface area contributed by atoms with Crippen molar-refractivity contribution in [3.8, 4) is 78.6 Å². The Kier molecular flexibility index (Phi) is 10.3. The maximum atomic E-state index is 12.6. The van der Waals surface area contributed by atoms with Crippen molar-refractivity contribution in [3.63, 3.8) is 0 Å². The summed E-state index contributed by atoms with van der Waals surface area (Å²) < 4.78 is 76.3. The van der Waals surface area contributed by atoms with E-state index in [0.717, 1.165) is 55.7 Å². The second-order valence-electron chi connectivity index (χ2n) is 21.0. The molecule has 0 atom stereocenters. The van der Waals surface area contributed by atoms with Crippen LogP contribution in [0.15, 0.2) is 164 Å². The fraction of sp³-hybridized carbons (Fsp3) is 0.250. The van der Waals surface area contributed by atoms with Crippen molar-refractivity contribution in [1.29, 1.82) is 0 Å². The number of nitrogens with zero attached hydrogens (tertiary/aromatic N) is 3. The van der Waals surface area contributed by atoms with Gasteiger partial charge in [-0.1, -0.05) is 215 Å². The van der Waals surface area contributed by atoms with Crippen molar-refractivity contribution >= 4 is 11.0 Å². The number of aromatic hydroxyl groups is 1. The molecule has 0 spiro atoms. The van der Waals surface area contributed by atoms with Gasteiger partial charge >= 0.3 is 0 Å². The summed E-state index contributed by atoms with van der Waals surface area (Å²) in [5, 5.41) is 12.6. The van der Waals surface area contributed by atoms with Gasteiger partial charge in [0, 0.05) is 56.4 Å². The van der Waals surface area contributed by atoms with E-state index in [2.05, 4.69) is 128 Å². The number of hydrogen-bond acceptors (Lipinski definition) is 3. The number of rotatable bonds is 7. The number of benzene rings is 7. The maximum Gasteiger partial charge on any atom is 0.148 e. The summed E-state index contributed by atoms with van der Waals surface area (Å²) in [4.78, 5) is 10.5. The Bertz CT molecular complexity index is 3620. The van der Waals surface area contributed by atoms with Crippen LogP contribution in [0.3, 0.4) is 0 Å². The smallest absolute Gasteiger partial charge is 0.148 e. The molecule has 2 heterocycles. The van der Waals surface area contributed by atoms with E-state index >= 15 is 0 Å². The summed E-state index contributed by atoms with van der Waals surface area (Å²) in [5.74, 6) is 0.749. The molecule has 5 heteroatoms. The molecule has 352 valence electrons. The first kappa shape index (κ1) is 38.5. The minimum absolute atomic E-state index is 0. The molecule has 0 bridgehead atoms. The molecule has 2 aromatic heterocycles. The first-order chi connectivity index (χ1) is 35.9. The standard InChI is InChI=1S/C64H64N3O.Pt/c1-61(2,3)48-28-26-42(27-29-48)44-32-33-65-55(37-44)47-35-45(41-20-15-13-16-21-41)34-46(36-47)51-24-19-25-57-58(51)66-60(53-39-50(63(7,8)9)40-54(59(53)68)64(10,11)12)67(57)56-31-30-49(62(4,5)6)38-52(56)43-22-17-14-18-23-43;/h13-35,37-40,68H,1-12H3;/q-1;/i1D3,2D3,3D3;. The van der Waals surface area contributed by atoms with Gasteiger partial charge in [0.05, 0.1) is 22.3 Å². The molecule has 9 aromatic rings. The zero-order chi connectivity index (χ0) is 55.8. The fourth-order valence-electron chi connectivity index (χ4n) is 8.92. The number of hydrogen-bond donors (Lipinski definition) is 1. The van der Waals surface area contributed by atoms with E-state index in [-0.39, 0.29) is 43.2 Å². The predicted molar refractivity (Wildman–Crippen MR) is 287 cm³/mol. The SMILES string of the molecule is [2H]C([2H])([2H])C(c1ccc(-c2ccnc(-c3[c-]c(-c4cccc5c4nc(-c4cc(C(C)(C)C)cc(C(C)(C)C)c4O)n5-c4ccc(C(C)(C)C)cc4-c4ccccc4)cc(-c4ccccc4)c3)c2)cc1)(C([2H])([2H])[2H])C([2H])([2H])[2H].[Pt]. The molecule has 0 fully saturated rings. The van der Waals surface area contributed by atoms with Crippen LogP contribution in [0.4, 0.5) is 0 Å². The molecule has 69 heavy (non-hydrogen) atoms. The van der Waals surface area contributed by atoms with Crippen molar-refractivity contribution in [1.82, 2.24) is 14.5 Å². The first-order valence-corrected chi connectivity index (χ1v) is 23.2. The Balaban J connectivity index is 0.00000803. The van der Waals surface area contributed by atoms with Crippen LogP contribution in [0.25, 0.3) is 83.9 Å². The third kappa shape index (κ3) is 9.93. The third-order valence-corrected chi connectivity index (χ3v) is 12.9. The number of imidazole rings is 1. The predicted octanol–water partition coefficient (Wildman–Crippen LogP) is 17.1. The van der Waals surface area contributed by atoms with Crippen LogP contribution in [0.5, 0.6) is 5.75 Å². The summed E-state index contributed by atoms with van der Waals surface area (Å²) >= 11 is 0. The van der Waals surface area contributed by atoms with Crippen molar-refractivity contribution in [2.45, 2.75) is 105 Å². The second-order valence-corrected chi connectivity index (χ2v) is 21.0. The largest absolute Gasteiger partial charge is 0.507 e. The number of phenolic OH excluding ortho intramolecular Hbond substituents is 1. The summed E-state index contributed by atoms with van der Waals surface area (Å²) in [7, 11) is 0. The Labute approximate surface area is 437 Å². The number of fused-ring (bicyclic) bond motifs is 1. The van der Waals surface area contributed by atoms with E-state index in [0.29, 0.717) is 39.3 Å². The molecule has 0 aliphatic carbocycles. The number of para-hydroxylation sites is 1. The summed E-state index contributed by atoms with van der Waals surface area (Å²) in [6.45, 7) is 9.38. The maximum absolute atomic E-state index is 12.6. The first-order valence-electron chi connectivity index (χ1n) is 27.7. The van der Waals surface area contributed by atoms with Crippen LogP contribution >= 0.6 is 0 Å². The molecule has 0 radical (unpaired) electrons. The van der Waals surface area contributed by atoms with Gasteiger partial charge in [-0.2, -0.15) is 0 Å². The Hall–Kier alpha value is -6.35. The summed E-state index contributed by atoms with van der Waals surface area (Å²) in [5.41, 5.74) is 9.74. The molecule has 0 unspecified atom stereocenters. The van der Waals surface area contributed by atoms with E-state index in [1.807, 2.05) is 72.8 Å². The van der Waals surface area contributed by atoms with Crippen LogP contribution in [0.1, 0.15) is 117 Å². The average Bonchev–Trinajstić information content (AvgIpc) is 3.17. The van der Waals surface area contributed by atoms with Crippen molar-refractivity contribution in [2.24, 2.45) is 0 Å². The van der Waals surface area contributed by atoms with Gasteiger partial charge in [-0.05, 0) is 90.9 Å². The van der Waals surface area contributed by atoms with Crippen LogP contribution in [0.2, 0.25) is 0 Å². The zero-order valence-electron chi connectivity index (χ0n) is 49.7. The van der Waals surface area contributed by atoms with Gasteiger partial charge in [0.2, 0.25) is 0 Å². The van der Waals surface area contributed by atoms with Gasteiger partial charge in [0.15, 0.2) is 0 Å². The van der Waals surface area contributed by atoms with Crippen LogP contribution in [-0.4, -0.2) is 19.6 Å². The van der Waals surface area contributed by atoms with Crippen LogP contribution < -0.4 is 0 Å². The summed E-state index contributed by atoms with van der Waals surface area (Å²) in [6, 6.07) is 54.6. The average molecular weight is 1100 g/mol. The molecule has 0 saturated heterocycles. The van der Waals surface area contributed by atoms with Crippen molar-refractivity contribution < 1.29 is 38.5 Å².